The number of carboxylic acid groups (broad SMARTS) is 1. The van der Waals surface area contributed by atoms with Gasteiger partial charge in [-0.25, -0.2) is 4.79 Å². The molecule has 1 saturated carbocycles. The van der Waals surface area contributed by atoms with Crippen LogP contribution in [0.2, 0.25) is 0 Å². The van der Waals surface area contributed by atoms with E-state index in [4.69, 9.17) is 4.74 Å². The minimum atomic E-state index is -1.02. The molecule has 0 bridgehead atoms. The van der Waals surface area contributed by atoms with Crippen molar-refractivity contribution in [2.45, 2.75) is 89.9 Å². The molecule has 1 aromatic rings. The van der Waals surface area contributed by atoms with E-state index < -0.39 is 30.1 Å². The first-order valence-corrected chi connectivity index (χ1v) is 11.4. The summed E-state index contributed by atoms with van der Waals surface area (Å²) in [6.07, 6.45) is 5.86. The van der Waals surface area contributed by atoms with Crippen LogP contribution in [0.25, 0.3) is 0 Å². The standard InChI is InChI=1S/C24H36N2O5/c1-4-31-24(30)21(16-15-19-11-7-5-8-12-19)25-17(2)22(27)26(18(3)23(28)29)20-13-9-6-10-14-20/h5,7-8,11-12,17-18,20-21,25H,4,6,9-10,13-16H2,1-3H3,(H,28,29)/t17-,18-,21?/m0/s1. The summed E-state index contributed by atoms with van der Waals surface area (Å²) in [5.74, 6) is -1.69. The van der Waals surface area contributed by atoms with E-state index in [2.05, 4.69) is 5.32 Å². The highest BCUT2D eigenvalue weighted by atomic mass is 16.5. The van der Waals surface area contributed by atoms with Gasteiger partial charge in [-0.15, -0.1) is 0 Å². The summed E-state index contributed by atoms with van der Waals surface area (Å²) in [7, 11) is 0. The van der Waals surface area contributed by atoms with Crippen molar-refractivity contribution < 1.29 is 24.2 Å². The summed E-state index contributed by atoms with van der Waals surface area (Å²) in [6, 6.07) is 7.49. The number of hydrogen-bond acceptors (Lipinski definition) is 5. The van der Waals surface area contributed by atoms with Gasteiger partial charge in [-0.05, 0) is 52.0 Å². The van der Waals surface area contributed by atoms with Crippen molar-refractivity contribution in [2.75, 3.05) is 6.61 Å². The Morgan fingerprint density at radius 1 is 1.13 bits per heavy atom. The fourth-order valence-electron chi connectivity index (χ4n) is 4.23. The molecule has 0 radical (unpaired) electrons. The second kappa shape index (κ2) is 12.4. The molecule has 1 aliphatic carbocycles. The lowest BCUT2D eigenvalue weighted by Gasteiger charge is -2.39. The summed E-state index contributed by atoms with van der Waals surface area (Å²) in [5, 5.41) is 12.7. The Hall–Kier alpha value is -2.41. The fourth-order valence-corrected chi connectivity index (χ4v) is 4.23. The average molecular weight is 433 g/mol. The normalized spacial score (nSPS) is 17.4. The number of ether oxygens (including phenoxy) is 1. The van der Waals surface area contributed by atoms with Gasteiger partial charge in [-0.3, -0.25) is 14.9 Å². The number of carboxylic acids is 1. The first-order valence-electron chi connectivity index (χ1n) is 11.4. The number of carbonyl (C=O) groups excluding carboxylic acids is 2. The van der Waals surface area contributed by atoms with E-state index in [-0.39, 0.29) is 18.6 Å². The molecule has 0 aliphatic heterocycles. The van der Waals surface area contributed by atoms with Crippen molar-refractivity contribution >= 4 is 17.8 Å². The van der Waals surface area contributed by atoms with Crippen LogP contribution in [-0.2, 0) is 25.5 Å². The molecule has 1 aromatic carbocycles. The number of aliphatic carboxylic acids is 1. The lowest BCUT2D eigenvalue weighted by Crippen LogP contribution is -2.57. The largest absolute Gasteiger partial charge is 0.480 e. The molecule has 0 saturated heterocycles. The zero-order valence-corrected chi connectivity index (χ0v) is 18.9. The zero-order valence-electron chi connectivity index (χ0n) is 18.9. The maximum atomic E-state index is 13.3. The maximum Gasteiger partial charge on any atom is 0.326 e. The highest BCUT2D eigenvalue weighted by molar-refractivity contribution is 5.87. The first kappa shape index (κ1) is 24.9. The summed E-state index contributed by atoms with van der Waals surface area (Å²) in [5.41, 5.74) is 1.10. The van der Waals surface area contributed by atoms with Gasteiger partial charge < -0.3 is 14.7 Å². The van der Waals surface area contributed by atoms with Gasteiger partial charge in [0, 0.05) is 6.04 Å². The second-order valence-electron chi connectivity index (χ2n) is 8.27. The second-order valence-corrected chi connectivity index (χ2v) is 8.27. The number of nitrogens with zero attached hydrogens (tertiary/aromatic N) is 1. The maximum absolute atomic E-state index is 13.3. The van der Waals surface area contributed by atoms with Crippen LogP contribution in [0.3, 0.4) is 0 Å². The van der Waals surface area contributed by atoms with Crippen molar-refractivity contribution in [1.82, 2.24) is 10.2 Å². The lowest BCUT2D eigenvalue weighted by molar-refractivity contribution is -0.154. The smallest absolute Gasteiger partial charge is 0.326 e. The van der Waals surface area contributed by atoms with Crippen molar-refractivity contribution in [2.24, 2.45) is 0 Å². The van der Waals surface area contributed by atoms with Crippen molar-refractivity contribution in [1.29, 1.82) is 0 Å². The minimum Gasteiger partial charge on any atom is -0.480 e. The molecule has 31 heavy (non-hydrogen) atoms. The molecular formula is C24H36N2O5. The molecule has 0 heterocycles. The van der Waals surface area contributed by atoms with E-state index in [0.717, 1.165) is 37.7 Å². The molecule has 1 fully saturated rings. The summed E-state index contributed by atoms with van der Waals surface area (Å²) >= 11 is 0. The topological polar surface area (TPSA) is 95.9 Å². The molecule has 1 unspecified atom stereocenters. The summed E-state index contributed by atoms with van der Waals surface area (Å²) in [4.78, 5) is 39.1. The van der Waals surface area contributed by atoms with Gasteiger partial charge >= 0.3 is 11.9 Å². The number of benzene rings is 1. The van der Waals surface area contributed by atoms with Gasteiger partial charge in [0.15, 0.2) is 0 Å². The third kappa shape index (κ3) is 7.35. The Balaban J connectivity index is 2.11. The minimum absolute atomic E-state index is 0.0815. The molecule has 0 spiro atoms. The van der Waals surface area contributed by atoms with Crippen molar-refractivity contribution in [3.63, 3.8) is 0 Å². The molecule has 7 nitrogen and oxygen atoms in total. The van der Waals surface area contributed by atoms with E-state index in [1.165, 1.54) is 4.90 Å². The van der Waals surface area contributed by atoms with Crippen LogP contribution >= 0.6 is 0 Å². The van der Waals surface area contributed by atoms with E-state index in [9.17, 15) is 19.5 Å². The molecular weight excluding hydrogens is 396 g/mol. The number of amides is 1. The van der Waals surface area contributed by atoms with E-state index in [1.54, 1.807) is 20.8 Å². The van der Waals surface area contributed by atoms with Crippen LogP contribution in [0, 0.1) is 0 Å². The average Bonchev–Trinajstić information content (AvgIpc) is 2.77. The highest BCUT2D eigenvalue weighted by Crippen LogP contribution is 2.25. The van der Waals surface area contributed by atoms with Crippen molar-refractivity contribution in [3.05, 3.63) is 35.9 Å². The van der Waals surface area contributed by atoms with Crippen LogP contribution in [0.1, 0.15) is 64.9 Å². The van der Waals surface area contributed by atoms with Gasteiger partial charge in [-0.2, -0.15) is 0 Å². The Kier molecular flexibility index (Phi) is 9.98. The van der Waals surface area contributed by atoms with E-state index in [1.807, 2.05) is 30.3 Å². The Bertz CT molecular complexity index is 718. The molecule has 1 amide bonds. The van der Waals surface area contributed by atoms with Crippen LogP contribution in [0.5, 0.6) is 0 Å². The third-order valence-electron chi connectivity index (χ3n) is 5.95. The van der Waals surface area contributed by atoms with Gasteiger partial charge in [0.05, 0.1) is 12.6 Å². The number of nitrogens with one attached hydrogen (secondary N) is 1. The monoisotopic (exact) mass is 432 g/mol. The van der Waals surface area contributed by atoms with Crippen molar-refractivity contribution in [3.8, 4) is 0 Å². The summed E-state index contributed by atoms with van der Waals surface area (Å²) in [6.45, 7) is 5.26. The first-order chi connectivity index (χ1) is 14.8. The molecule has 0 aromatic heterocycles. The van der Waals surface area contributed by atoms with Gasteiger partial charge in [-0.1, -0.05) is 49.6 Å². The number of esters is 1. The zero-order chi connectivity index (χ0) is 22.8. The predicted octanol–water partition coefficient (Wildman–Crippen LogP) is 3.16. The summed E-state index contributed by atoms with van der Waals surface area (Å²) < 4.78 is 5.22. The van der Waals surface area contributed by atoms with Crippen LogP contribution in [-0.4, -0.2) is 58.6 Å². The molecule has 2 rings (SSSR count). The predicted molar refractivity (Wildman–Crippen MR) is 119 cm³/mol. The van der Waals surface area contributed by atoms with Gasteiger partial charge in [0.2, 0.25) is 5.91 Å². The number of carbonyl (C=O) groups is 3. The molecule has 7 heteroatoms. The highest BCUT2D eigenvalue weighted by Gasteiger charge is 2.36. The van der Waals surface area contributed by atoms with Gasteiger partial charge in [0.25, 0.3) is 0 Å². The number of rotatable bonds is 11. The van der Waals surface area contributed by atoms with Crippen LogP contribution < -0.4 is 5.32 Å². The fraction of sp³-hybridized carbons (Fsp3) is 0.625. The van der Waals surface area contributed by atoms with Crippen LogP contribution in [0.15, 0.2) is 30.3 Å². The quantitative estimate of drug-likeness (QED) is 0.522. The Morgan fingerprint density at radius 2 is 1.77 bits per heavy atom. The Morgan fingerprint density at radius 3 is 2.35 bits per heavy atom. The number of hydrogen-bond donors (Lipinski definition) is 2. The lowest BCUT2D eigenvalue weighted by atomic mass is 9.92. The number of aryl methyl sites for hydroxylation is 1. The van der Waals surface area contributed by atoms with Gasteiger partial charge in [0.1, 0.15) is 12.1 Å². The molecule has 3 atom stereocenters. The Labute approximate surface area is 185 Å². The van der Waals surface area contributed by atoms with E-state index >= 15 is 0 Å². The third-order valence-corrected chi connectivity index (χ3v) is 5.95. The van der Waals surface area contributed by atoms with E-state index in [0.29, 0.717) is 12.8 Å². The molecule has 1 aliphatic rings. The van der Waals surface area contributed by atoms with Crippen LogP contribution in [0.4, 0.5) is 0 Å². The SMILES string of the molecule is CCOC(=O)C(CCc1ccccc1)N[C@@H](C)C(=O)N(C1CCCCC1)[C@@H](C)C(=O)O. The molecule has 2 N–H and O–H groups in total. The molecule has 172 valence electrons.